The molecule has 0 spiro atoms. The van der Waals surface area contributed by atoms with Gasteiger partial charge in [-0.25, -0.2) is 29.9 Å². The van der Waals surface area contributed by atoms with Crippen molar-refractivity contribution in [3.63, 3.8) is 0 Å². The van der Waals surface area contributed by atoms with Crippen molar-refractivity contribution in [2.45, 2.75) is 0 Å². The maximum absolute atomic E-state index is 5.00. The minimum Gasteiger partial charge on any atom is -0.309 e. The summed E-state index contributed by atoms with van der Waals surface area (Å²) in [7, 11) is 0. The Morgan fingerprint density at radius 2 is 0.315 bits per heavy atom. The van der Waals surface area contributed by atoms with Crippen LogP contribution in [0.25, 0.3) is 223 Å². The molecule has 10 nitrogen and oxygen atoms in total. The highest BCUT2D eigenvalue weighted by Crippen LogP contribution is 2.43. The average molecular weight is 1580 g/mol. The Labute approximate surface area is 715 Å². The average Bonchev–Trinajstić information content (AvgIpc) is 1.61. The molecule has 0 fully saturated rings. The standard InChI is InChI=1S/2C57H37N5/c1-4-16-38(17-5-1)55-58-56(39-18-6-2-7-19-39)60-57(59-55)44-22-14-20-40(34-44)41-21-15-25-46(35-41)62-52-29-13-11-27-48(52)50-37-43(31-33-54(50)62)42-30-32-53-49(36-42)47-26-10-12-28-51(47)61(53)45-23-8-3-9-24-45;1-4-14-40(15-5-1)55-58-56(41-16-6-2-7-17-41)60-57(59-55)42-26-24-38(25-27-42)39-28-32-46(33-29-39)62-52-23-13-11-21-48(52)50-37-44(31-35-54(50)62)43-30-34-53-49(36-43)47-20-10-12-22-51(47)61(53)45-18-8-3-9-19-45/h2*1-37H. The zero-order valence-electron chi connectivity index (χ0n) is 67.2. The largest absolute Gasteiger partial charge is 0.309 e. The van der Waals surface area contributed by atoms with E-state index in [9.17, 15) is 0 Å². The molecule has 0 aliphatic rings. The molecule has 0 saturated carbocycles. The van der Waals surface area contributed by atoms with Crippen molar-refractivity contribution in [3.05, 3.63) is 449 Å². The van der Waals surface area contributed by atoms with Crippen molar-refractivity contribution in [2.75, 3.05) is 0 Å². The summed E-state index contributed by atoms with van der Waals surface area (Å²) < 4.78 is 9.51. The molecule has 24 rings (SSSR count). The van der Waals surface area contributed by atoms with Crippen LogP contribution in [0.15, 0.2) is 449 Å². The van der Waals surface area contributed by atoms with E-state index in [1.165, 1.54) is 110 Å². The molecule has 0 N–H and O–H groups in total. The van der Waals surface area contributed by atoms with Crippen LogP contribution in [-0.2, 0) is 0 Å². The van der Waals surface area contributed by atoms with E-state index in [1.54, 1.807) is 0 Å². The number of nitrogens with zero attached hydrogens (tertiary/aromatic N) is 10. The Morgan fingerprint density at radius 1 is 0.113 bits per heavy atom. The third-order valence-corrected chi connectivity index (χ3v) is 23.9. The molecule has 124 heavy (non-hydrogen) atoms. The molecule has 6 heterocycles. The molecule has 18 aromatic carbocycles. The summed E-state index contributed by atoms with van der Waals surface area (Å²) in [4.78, 5) is 29.6. The van der Waals surface area contributed by atoms with Crippen molar-refractivity contribution < 1.29 is 0 Å². The molecule has 6 aromatic heterocycles. The summed E-state index contributed by atoms with van der Waals surface area (Å²) in [5, 5.41) is 9.89. The molecule has 0 radical (unpaired) electrons. The van der Waals surface area contributed by atoms with Crippen LogP contribution in [-0.4, -0.2) is 48.2 Å². The number of aromatic nitrogens is 10. The molecule has 24 aromatic rings. The van der Waals surface area contributed by atoms with Gasteiger partial charge in [-0.1, -0.05) is 322 Å². The molecule has 0 aliphatic heterocycles. The smallest absolute Gasteiger partial charge is 0.164 e. The number of rotatable bonds is 14. The van der Waals surface area contributed by atoms with Crippen LogP contribution in [0.1, 0.15) is 0 Å². The first kappa shape index (κ1) is 72.4. The van der Waals surface area contributed by atoms with Gasteiger partial charge in [0.2, 0.25) is 0 Å². The lowest BCUT2D eigenvalue weighted by molar-refractivity contribution is 1.07. The van der Waals surface area contributed by atoms with Crippen LogP contribution in [0.2, 0.25) is 0 Å². The maximum Gasteiger partial charge on any atom is 0.164 e. The van der Waals surface area contributed by atoms with E-state index in [1.807, 2.05) is 121 Å². The highest BCUT2D eigenvalue weighted by molar-refractivity contribution is 6.15. The van der Waals surface area contributed by atoms with Crippen molar-refractivity contribution in [2.24, 2.45) is 0 Å². The summed E-state index contributed by atoms with van der Waals surface area (Å²) in [5.74, 6) is 3.88. The summed E-state index contributed by atoms with van der Waals surface area (Å²) in [6.07, 6.45) is 0. The van der Waals surface area contributed by atoms with E-state index in [2.05, 4.69) is 346 Å². The van der Waals surface area contributed by atoms with Crippen molar-refractivity contribution in [1.82, 2.24) is 48.2 Å². The van der Waals surface area contributed by atoms with Crippen LogP contribution in [0.3, 0.4) is 0 Å². The Kier molecular flexibility index (Phi) is 18.0. The van der Waals surface area contributed by atoms with E-state index in [0.29, 0.717) is 34.9 Å². The van der Waals surface area contributed by atoms with Crippen LogP contribution in [0, 0.1) is 0 Å². The van der Waals surface area contributed by atoms with E-state index >= 15 is 0 Å². The number of para-hydroxylation sites is 6. The summed E-state index contributed by atoms with van der Waals surface area (Å²) in [6, 6.07) is 159. The van der Waals surface area contributed by atoms with E-state index in [-0.39, 0.29) is 0 Å². The van der Waals surface area contributed by atoms with Gasteiger partial charge in [0, 0.05) is 99.2 Å². The van der Waals surface area contributed by atoms with Gasteiger partial charge in [0.15, 0.2) is 34.9 Å². The maximum atomic E-state index is 5.00. The lowest BCUT2D eigenvalue weighted by Crippen LogP contribution is -2.00. The SMILES string of the molecule is c1ccc(-c2nc(-c3ccccc3)nc(-c3ccc(-c4ccc(-n5c6ccccc6c6cc(-c7ccc8c(c7)c7ccccc7n8-c7ccccc7)ccc65)cc4)cc3)n2)cc1.c1ccc(-c2nc(-c3ccccc3)nc(-c3cccc(-c4cccc(-n5c6ccccc6c6cc(-c7ccc8c(c7)c7ccccc7n8-c7ccccc7)ccc65)c4)c3)n2)cc1. The highest BCUT2D eigenvalue weighted by atomic mass is 15.1. The zero-order valence-corrected chi connectivity index (χ0v) is 67.2. The first-order valence-corrected chi connectivity index (χ1v) is 41.9. The molecule has 0 unspecified atom stereocenters. The summed E-state index contributed by atoms with van der Waals surface area (Å²) in [5.41, 5.74) is 28.9. The van der Waals surface area contributed by atoms with Gasteiger partial charge in [-0.2, -0.15) is 0 Å². The van der Waals surface area contributed by atoms with Crippen LogP contribution < -0.4 is 0 Å². The second-order valence-corrected chi connectivity index (χ2v) is 31.3. The second kappa shape index (κ2) is 30.8. The topological polar surface area (TPSA) is 97.1 Å². The fraction of sp³-hybridized carbons (Fsp3) is 0. The predicted octanol–water partition coefficient (Wildman–Crippen LogP) is 28.8. The monoisotopic (exact) mass is 1580 g/mol. The van der Waals surface area contributed by atoms with E-state index in [0.717, 1.165) is 78.2 Å². The van der Waals surface area contributed by atoms with Gasteiger partial charge >= 0.3 is 0 Å². The number of hydrogen-bond acceptors (Lipinski definition) is 6. The quantitative estimate of drug-likeness (QED) is 0.108. The molecule has 580 valence electrons. The van der Waals surface area contributed by atoms with Gasteiger partial charge < -0.3 is 18.3 Å². The zero-order chi connectivity index (χ0) is 82.0. The lowest BCUT2D eigenvalue weighted by atomic mass is 10.0. The van der Waals surface area contributed by atoms with E-state index in [4.69, 9.17) is 29.9 Å². The van der Waals surface area contributed by atoms with Crippen LogP contribution >= 0.6 is 0 Å². The molecule has 0 saturated heterocycles. The minimum atomic E-state index is 0.634. The van der Waals surface area contributed by atoms with Crippen molar-refractivity contribution in [3.8, 4) is 136 Å². The number of benzene rings is 18. The number of fused-ring (bicyclic) bond motifs is 12. The Hall–Kier alpha value is -16.8. The fourth-order valence-corrected chi connectivity index (χ4v) is 18.0. The first-order valence-electron chi connectivity index (χ1n) is 41.9. The van der Waals surface area contributed by atoms with Crippen molar-refractivity contribution >= 4 is 87.2 Å². The third-order valence-electron chi connectivity index (χ3n) is 23.9. The fourth-order valence-electron chi connectivity index (χ4n) is 18.0. The lowest BCUT2D eigenvalue weighted by Gasteiger charge is -2.12. The highest BCUT2D eigenvalue weighted by Gasteiger charge is 2.22. The Bertz CT molecular complexity index is 8070. The minimum absolute atomic E-state index is 0.634. The van der Waals surface area contributed by atoms with Gasteiger partial charge in [-0.05, 0) is 172 Å². The summed E-state index contributed by atoms with van der Waals surface area (Å²) >= 11 is 0. The molecular weight excluding hydrogens is 1510 g/mol. The Morgan fingerprint density at radius 3 is 0.653 bits per heavy atom. The number of hydrogen-bond donors (Lipinski definition) is 0. The molecule has 0 aliphatic carbocycles. The van der Waals surface area contributed by atoms with Gasteiger partial charge in [-0.3, -0.25) is 0 Å². The predicted molar refractivity (Wildman–Crippen MR) is 511 cm³/mol. The Balaban J connectivity index is 0.000000143. The van der Waals surface area contributed by atoms with Gasteiger partial charge in [0.25, 0.3) is 0 Å². The van der Waals surface area contributed by atoms with E-state index < -0.39 is 0 Å². The van der Waals surface area contributed by atoms with Crippen LogP contribution in [0.4, 0.5) is 0 Å². The summed E-state index contributed by atoms with van der Waals surface area (Å²) in [6.45, 7) is 0. The normalized spacial score (nSPS) is 11.5. The molecule has 0 amide bonds. The molecular formula is C114H74N10. The first-order chi connectivity index (χ1) is 61.5. The second-order valence-electron chi connectivity index (χ2n) is 31.3. The molecule has 0 atom stereocenters. The molecule has 10 heteroatoms. The van der Waals surface area contributed by atoms with Gasteiger partial charge in [0.1, 0.15) is 0 Å². The molecule has 0 bridgehead atoms. The van der Waals surface area contributed by atoms with Crippen LogP contribution in [0.5, 0.6) is 0 Å². The van der Waals surface area contributed by atoms with Gasteiger partial charge in [0.05, 0.1) is 44.1 Å². The third kappa shape index (κ3) is 13.1. The van der Waals surface area contributed by atoms with Crippen molar-refractivity contribution in [1.29, 1.82) is 0 Å². The van der Waals surface area contributed by atoms with Gasteiger partial charge in [-0.15, -0.1) is 0 Å².